The third-order valence-corrected chi connectivity index (χ3v) is 4.97. The molecule has 5 nitrogen and oxygen atoms in total. The van der Waals surface area contributed by atoms with Crippen molar-refractivity contribution >= 4 is 35.1 Å². The minimum Gasteiger partial charge on any atom is -0.350 e. The summed E-state index contributed by atoms with van der Waals surface area (Å²) in [6.07, 6.45) is 0.567. The predicted molar refractivity (Wildman–Crippen MR) is 123 cm³/mol. The van der Waals surface area contributed by atoms with Crippen LogP contribution in [0.4, 0.5) is 10.3 Å². The molecule has 2 N–H and O–H groups in total. The zero-order valence-electron chi connectivity index (χ0n) is 17.2. The second kappa shape index (κ2) is 10.6. The second-order valence-corrected chi connectivity index (χ2v) is 8.40. The van der Waals surface area contributed by atoms with Gasteiger partial charge in [-0.1, -0.05) is 61.3 Å². The van der Waals surface area contributed by atoms with E-state index in [2.05, 4.69) is 20.6 Å². The first-order chi connectivity index (χ1) is 14.8. The first-order valence-corrected chi connectivity index (χ1v) is 10.6. The summed E-state index contributed by atoms with van der Waals surface area (Å²) in [7, 11) is 0. The lowest BCUT2D eigenvalue weighted by Crippen LogP contribution is -2.40. The van der Waals surface area contributed by atoms with E-state index in [1.165, 1.54) is 12.1 Å². The topological polar surface area (TPSA) is 66.9 Å². The molecule has 8 heteroatoms. The molecule has 0 aliphatic rings. The van der Waals surface area contributed by atoms with Crippen molar-refractivity contribution in [1.29, 1.82) is 0 Å². The number of nitrogens with one attached hydrogen (secondary N) is 2. The minimum absolute atomic E-state index is 0.181. The van der Waals surface area contributed by atoms with E-state index in [-0.39, 0.29) is 28.7 Å². The maximum absolute atomic E-state index is 13.6. The average molecular weight is 461 g/mol. The van der Waals surface area contributed by atoms with Gasteiger partial charge < -0.3 is 10.6 Å². The molecule has 31 heavy (non-hydrogen) atoms. The Morgan fingerprint density at radius 1 is 1.06 bits per heavy atom. The smallest absolute Gasteiger partial charge is 0.242 e. The Bertz CT molecular complexity index is 1040. The highest BCUT2D eigenvalue weighted by atomic mass is 35.5. The number of hydrogen-bond donors (Lipinski definition) is 2. The highest BCUT2D eigenvalue weighted by Crippen LogP contribution is 2.23. The molecule has 162 valence electrons. The SMILES string of the molecule is CC(C)C[C@@H](Nc1nc(Cl)cc(-c2cccc(F)c2)n1)C(=O)NCc1ccc(Cl)cc1. The van der Waals surface area contributed by atoms with Gasteiger partial charge >= 0.3 is 0 Å². The van der Waals surface area contributed by atoms with Gasteiger partial charge in [-0.3, -0.25) is 4.79 Å². The van der Waals surface area contributed by atoms with Crippen LogP contribution in [-0.4, -0.2) is 21.9 Å². The van der Waals surface area contributed by atoms with Gasteiger partial charge in [0.1, 0.15) is 17.0 Å². The van der Waals surface area contributed by atoms with Crippen LogP contribution >= 0.6 is 23.2 Å². The average Bonchev–Trinajstić information content (AvgIpc) is 2.72. The molecule has 3 aromatic rings. The summed E-state index contributed by atoms with van der Waals surface area (Å²) < 4.78 is 13.6. The van der Waals surface area contributed by atoms with Crippen molar-refractivity contribution in [2.24, 2.45) is 5.92 Å². The van der Waals surface area contributed by atoms with Gasteiger partial charge in [-0.2, -0.15) is 0 Å². The molecular weight excluding hydrogens is 438 g/mol. The Balaban J connectivity index is 1.76. The van der Waals surface area contributed by atoms with Crippen LogP contribution in [0.1, 0.15) is 25.8 Å². The molecule has 0 aliphatic carbocycles. The number of anilines is 1. The molecule has 0 aliphatic heterocycles. The number of hydrogen-bond acceptors (Lipinski definition) is 4. The van der Waals surface area contributed by atoms with Crippen LogP contribution in [0, 0.1) is 11.7 Å². The summed E-state index contributed by atoms with van der Waals surface area (Å²) in [6, 6.07) is 14.3. The third kappa shape index (κ3) is 6.91. The molecule has 0 saturated carbocycles. The van der Waals surface area contributed by atoms with Gasteiger partial charge in [-0.05, 0) is 42.2 Å². The Kier molecular flexibility index (Phi) is 7.82. The van der Waals surface area contributed by atoms with Crippen molar-refractivity contribution in [1.82, 2.24) is 15.3 Å². The van der Waals surface area contributed by atoms with Gasteiger partial charge in [0.25, 0.3) is 0 Å². The van der Waals surface area contributed by atoms with Gasteiger partial charge in [-0.15, -0.1) is 0 Å². The standard InChI is InChI=1S/C23H23Cl2FN4O/c1-14(2)10-20(22(31)27-13-15-6-8-17(24)9-7-15)29-23-28-19(12-21(25)30-23)16-4-3-5-18(26)11-16/h3-9,11-12,14,20H,10,13H2,1-2H3,(H,27,31)(H,28,29,30)/t20-/m1/s1. The van der Waals surface area contributed by atoms with Crippen LogP contribution in [0.2, 0.25) is 10.2 Å². The molecule has 2 aromatic carbocycles. The number of nitrogens with zero attached hydrogens (tertiary/aromatic N) is 2. The van der Waals surface area contributed by atoms with Crippen LogP contribution < -0.4 is 10.6 Å². The lowest BCUT2D eigenvalue weighted by atomic mass is 10.0. The number of amides is 1. The highest BCUT2D eigenvalue weighted by Gasteiger charge is 2.21. The first-order valence-electron chi connectivity index (χ1n) is 9.89. The molecular formula is C23H23Cl2FN4O. The fourth-order valence-corrected chi connectivity index (χ4v) is 3.36. The molecule has 1 heterocycles. The molecule has 1 amide bonds. The molecule has 1 atom stereocenters. The zero-order chi connectivity index (χ0) is 22.4. The van der Waals surface area contributed by atoms with Gasteiger partial charge in [0.05, 0.1) is 5.69 Å². The van der Waals surface area contributed by atoms with Crippen LogP contribution in [0.25, 0.3) is 11.3 Å². The molecule has 0 spiro atoms. The summed E-state index contributed by atoms with van der Waals surface area (Å²) in [5.74, 6) is -0.0970. The number of rotatable bonds is 8. The maximum Gasteiger partial charge on any atom is 0.242 e. The number of halogens is 3. The van der Waals surface area contributed by atoms with Crippen LogP contribution in [0.3, 0.4) is 0 Å². The van der Waals surface area contributed by atoms with E-state index in [0.29, 0.717) is 29.2 Å². The summed E-state index contributed by atoms with van der Waals surface area (Å²) >= 11 is 12.1. The Labute approximate surface area is 191 Å². The fraction of sp³-hybridized carbons (Fsp3) is 0.261. The van der Waals surface area contributed by atoms with E-state index in [4.69, 9.17) is 23.2 Å². The van der Waals surface area contributed by atoms with Crippen LogP contribution in [0.5, 0.6) is 0 Å². The monoisotopic (exact) mass is 460 g/mol. The van der Waals surface area contributed by atoms with E-state index in [1.54, 1.807) is 30.3 Å². The van der Waals surface area contributed by atoms with E-state index in [1.807, 2.05) is 26.0 Å². The van der Waals surface area contributed by atoms with Crippen molar-refractivity contribution in [2.45, 2.75) is 32.9 Å². The second-order valence-electron chi connectivity index (χ2n) is 7.58. The number of carbonyl (C=O) groups excluding carboxylic acids is 1. The fourth-order valence-electron chi connectivity index (χ4n) is 3.05. The number of aromatic nitrogens is 2. The number of carbonyl (C=O) groups is 1. The van der Waals surface area contributed by atoms with Crippen molar-refractivity contribution in [2.75, 3.05) is 5.32 Å². The van der Waals surface area contributed by atoms with Gasteiger partial charge in [0.2, 0.25) is 11.9 Å². The summed E-state index contributed by atoms with van der Waals surface area (Å²) in [5, 5.41) is 6.85. The van der Waals surface area contributed by atoms with Crippen molar-refractivity contribution in [3.8, 4) is 11.3 Å². The zero-order valence-corrected chi connectivity index (χ0v) is 18.7. The Hall–Kier alpha value is -2.70. The molecule has 0 saturated heterocycles. The number of benzene rings is 2. The van der Waals surface area contributed by atoms with Crippen molar-refractivity contribution in [3.63, 3.8) is 0 Å². The summed E-state index contributed by atoms with van der Waals surface area (Å²) in [5.41, 5.74) is 1.97. The Morgan fingerprint density at radius 2 is 1.81 bits per heavy atom. The van der Waals surface area contributed by atoms with Crippen LogP contribution in [-0.2, 0) is 11.3 Å². The lowest BCUT2D eigenvalue weighted by Gasteiger charge is -2.20. The van der Waals surface area contributed by atoms with Crippen molar-refractivity contribution < 1.29 is 9.18 Å². The van der Waals surface area contributed by atoms with Gasteiger partial charge in [0.15, 0.2) is 0 Å². The Morgan fingerprint density at radius 3 is 2.48 bits per heavy atom. The van der Waals surface area contributed by atoms with E-state index >= 15 is 0 Å². The quantitative estimate of drug-likeness (QED) is 0.421. The minimum atomic E-state index is -0.564. The van der Waals surface area contributed by atoms with E-state index < -0.39 is 6.04 Å². The third-order valence-electron chi connectivity index (χ3n) is 4.52. The van der Waals surface area contributed by atoms with Gasteiger partial charge in [0, 0.05) is 23.2 Å². The van der Waals surface area contributed by atoms with Crippen LogP contribution in [0.15, 0.2) is 54.6 Å². The van der Waals surface area contributed by atoms with E-state index in [9.17, 15) is 9.18 Å². The maximum atomic E-state index is 13.6. The van der Waals surface area contributed by atoms with Gasteiger partial charge in [-0.25, -0.2) is 14.4 Å². The molecule has 0 fully saturated rings. The normalized spacial score (nSPS) is 11.9. The molecule has 3 rings (SSSR count). The molecule has 0 unspecified atom stereocenters. The summed E-state index contributed by atoms with van der Waals surface area (Å²) in [4.78, 5) is 21.5. The first kappa shape index (κ1) is 23.0. The summed E-state index contributed by atoms with van der Waals surface area (Å²) in [6.45, 7) is 4.42. The molecule has 1 aromatic heterocycles. The van der Waals surface area contributed by atoms with Crippen molar-refractivity contribution in [3.05, 3.63) is 76.2 Å². The molecule has 0 bridgehead atoms. The predicted octanol–water partition coefficient (Wildman–Crippen LogP) is 5.73. The lowest BCUT2D eigenvalue weighted by molar-refractivity contribution is -0.122. The largest absolute Gasteiger partial charge is 0.350 e. The highest BCUT2D eigenvalue weighted by molar-refractivity contribution is 6.30. The molecule has 0 radical (unpaired) electrons. The van der Waals surface area contributed by atoms with E-state index in [0.717, 1.165) is 5.56 Å².